The molecule has 0 saturated carbocycles. The van der Waals surface area contributed by atoms with Crippen LogP contribution in [0.3, 0.4) is 0 Å². The molecule has 0 bridgehead atoms. The van der Waals surface area contributed by atoms with Gasteiger partial charge in [0.25, 0.3) is 0 Å². The predicted octanol–water partition coefficient (Wildman–Crippen LogP) is 2.10. The number of carbonyl (C=O) groups is 2. The van der Waals surface area contributed by atoms with Crippen molar-refractivity contribution >= 4 is 35.6 Å². The maximum atomic E-state index is 12.7. The van der Waals surface area contributed by atoms with Gasteiger partial charge in [-0.1, -0.05) is 38.1 Å². The number of nitrogens with one attached hydrogen (secondary N) is 1. The molecule has 1 aliphatic rings. The third kappa shape index (κ3) is 5.37. The highest BCUT2D eigenvalue weighted by molar-refractivity contribution is 7.13. The highest BCUT2D eigenvalue weighted by Crippen LogP contribution is 2.27. The number of likely N-dealkylation sites (tertiary alicyclic amines) is 1. The molecule has 1 saturated heterocycles. The summed E-state index contributed by atoms with van der Waals surface area (Å²) in [5.41, 5.74) is 10.8. The number of aryl methyl sites for hydroxylation is 1. The van der Waals surface area contributed by atoms with Gasteiger partial charge in [-0.2, -0.15) is 0 Å². The van der Waals surface area contributed by atoms with Crippen molar-refractivity contribution in [2.45, 2.75) is 51.9 Å². The van der Waals surface area contributed by atoms with E-state index in [1.54, 1.807) is 11.3 Å². The highest BCUT2D eigenvalue weighted by atomic mass is 35.5. The van der Waals surface area contributed by atoms with Crippen LogP contribution < -0.4 is 11.1 Å². The minimum atomic E-state index is -0.712. The fourth-order valence-electron chi connectivity index (χ4n) is 3.44. The molecule has 4 N–H and O–H groups in total. The zero-order valence-electron chi connectivity index (χ0n) is 17.4. The number of benzene rings is 1. The summed E-state index contributed by atoms with van der Waals surface area (Å²) in [6, 6.07) is 6.59. The van der Waals surface area contributed by atoms with Gasteiger partial charge in [-0.05, 0) is 24.0 Å². The number of aromatic nitrogens is 1. The zero-order valence-corrected chi connectivity index (χ0v) is 19.0. The Kier molecular flexibility index (Phi) is 8.37. The standard InChI is InChI=1S/C21H28N4O3S.ClH/c1-12(2)18(22)21(28)25-10-16(26)8-17(25)20(27)23-9-14-4-6-15(7-5-14)19-13(3)24-11-29-19;/h4-7,11-12,16-18,26H,8-10,22H2,1-3H3,(H,23,27);1H/t16-,17-,18+;/m1./s1. The molecular weight excluding hydrogens is 424 g/mol. The van der Waals surface area contributed by atoms with E-state index in [1.165, 1.54) is 4.90 Å². The lowest BCUT2D eigenvalue weighted by atomic mass is 10.0. The Morgan fingerprint density at radius 2 is 2.00 bits per heavy atom. The van der Waals surface area contributed by atoms with Gasteiger partial charge in [0.15, 0.2) is 0 Å². The number of rotatable bonds is 6. The summed E-state index contributed by atoms with van der Waals surface area (Å²) < 4.78 is 0. The van der Waals surface area contributed by atoms with Crippen LogP contribution in [0.1, 0.15) is 31.5 Å². The SMILES string of the molecule is Cc1ncsc1-c1ccc(CNC(=O)[C@H]2C[C@@H](O)CN2C(=O)[C@@H](N)C(C)C)cc1.Cl. The summed E-state index contributed by atoms with van der Waals surface area (Å²) in [5.74, 6) is -0.598. The Morgan fingerprint density at radius 3 is 2.57 bits per heavy atom. The fraction of sp³-hybridized carbons (Fsp3) is 0.476. The number of amides is 2. The minimum Gasteiger partial charge on any atom is -0.391 e. The minimum absolute atomic E-state index is 0. The van der Waals surface area contributed by atoms with Crippen molar-refractivity contribution in [2.24, 2.45) is 11.7 Å². The van der Waals surface area contributed by atoms with Crippen molar-refractivity contribution in [3.63, 3.8) is 0 Å². The Bertz CT molecular complexity index is 871. The van der Waals surface area contributed by atoms with Gasteiger partial charge >= 0.3 is 0 Å². The molecule has 1 aliphatic heterocycles. The highest BCUT2D eigenvalue weighted by Gasteiger charge is 2.40. The molecule has 3 atom stereocenters. The van der Waals surface area contributed by atoms with E-state index in [0.717, 1.165) is 21.7 Å². The summed E-state index contributed by atoms with van der Waals surface area (Å²) >= 11 is 1.60. The van der Waals surface area contributed by atoms with E-state index in [4.69, 9.17) is 5.73 Å². The van der Waals surface area contributed by atoms with Crippen molar-refractivity contribution in [3.05, 3.63) is 41.0 Å². The van der Waals surface area contributed by atoms with Crippen LogP contribution in [0.2, 0.25) is 0 Å². The second-order valence-electron chi connectivity index (χ2n) is 7.85. The number of hydrogen-bond acceptors (Lipinski definition) is 6. The summed E-state index contributed by atoms with van der Waals surface area (Å²) in [4.78, 5) is 32.1. The van der Waals surface area contributed by atoms with E-state index in [1.807, 2.05) is 50.5 Å². The van der Waals surface area contributed by atoms with E-state index < -0.39 is 18.2 Å². The van der Waals surface area contributed by atoms with Crippen molar-refractivity contribution < 1.29 is 14.7 Å². The third-order valence-corrected chi connectivity index (χ3v) is 6.27. The lowest BCUT2D eigenvalue weighted by Gasteiger charge is -2.27. The molecule has 2 aromatic rings. The molecule has 0 aliphatic carbocycles. The quantitative estimate of drug-likeness (QED) is 0.622. The summed E-state index contributed by atoms with van der Waals surface area (Å²) in [5, 5.41) is 12.9. The lowest BCUT2D eigenvalue weighted by molar-refractivity contribution is -0.140. The van der Waals surface area contributed by atoms with Crippen molar-refractivity contribution in [3.8, 4) is 10.4 Å². The largest absolute Gasteiger partial charge is 0.391 e. The zero-order chi connectivity index (χ0) is 21.1. The first-order valence-electron chi connectivity index (χ1n) is 9.79. The Labute approximate surface area is 187 Å². The summed E-state index contributed by atoms with van der Waals surface area (Å²) in [7, 11) is 0. The Balaban J connectivity index is 0.00000320. The molecule has 3 rings (SSSR count). The number of halogens is 1. The first-order valence-corrected chi connectivity index (χ1v) is 10.7. The van der Waals surface area contributed by atoms with Crippen molar-refractivity contribution in [1.29, 1.82) is 0 Å². The molecular formula is C21H29ClN4O3S. The first-order chi connectivity index (χ1) is 13.8. The van der Waals surface area contributed by atoms with Gasteiger partial charge in [0.2, 0.25) is 11.8 Å². The van der Waals surface area contributed by atoms with E-state index in [2.05, 4.69) is 10.3 Å². The monoisotopic (exact) mass is 452 g/mol. The number of nitrogens with two attached hydrogens (primary N) is 1. The fourth-order valence-corrected chi connectivity index (χ4v) is 4.25. The number of carbonyl (C=O) groups excluding carboxylic acids is 2. The van der Waals surface area contributed by atoms with Gasteiger partial charge in [-0.25, -0.2) is 4.98 Å². The van der Waals surface area contributed by atoms with E-state index in [-0.39, 0.29) is 43.1 Å². The van der Waals surface area contributed by atoms with Crippen LogP contribution in [0.5, 0.6) is 0 Å². The molecule has 2 amide bonds. The van der Waals surface area contributed by atoms with Crippen LogP contribution in [-0.2, 0) is 16.1 Å². The Hall–Kier alpha value is -2.00. The predicted molar refractivity (Wildman–Crippen MR) is 120 cm³/mol. The van der Waals surface area contributed by atoms with Crippen LogP contribution in [0, 0.1) is 12.8 Å². The second kappa shape index (κ2) is 10.3. The molecule has 0 radical (unpaired) electrons. The summed E-state index contributed by atoms with van der Waals surface area (Å²) in [6.45, 7) is 6.20. The second-order valence-corrected chi connectivity index (χ2v) is 8.70. The Morgan fingerprint density at radius 1 is 1.33 bits per heavy atom. The van der Waals surface area contributed by atoms with E-state index >= 15 is 0 Å². The van der Waals surface area contributed by atoms with Gasteiger partial charge in [0.05, 0.1) is 28.2 Å². The van der Waals surface area contributed by atoms with E-state index in [9.17, 15) is 14.7 Å². The van der Waals surface area contributed by atoms with Crippen LogP contribution in [0.4, 0.5) is 0 Å². The number of nitrogens with zero attached hydrogens (tertiary/aromatic N) is 2. The molecule has 164 valence electrons. The number of aliphatic hydroxyl groups is 1. The van der Waals surface area contributed by atoms with Gasteiger partial charge in [-0.15, -0.1) is 23.7 Å². The normalized spacial score (nSPS) is 19.5. The molecule has 7 nitrogen and oxygen atoms in total. The maximum Gasteiger partial charge on any atom is 0.243 e. The van der Waals surface area contributed by atoms with Gasteiger partial charge in [0.1, 0.15) is 6.04 Å². The smallest absolute Gasteiger partial charge is 0.243 e. The van der Waals surface area contributed by atoms with Crippen molar-refractivity contribution in [1.82, 2.24) is 15.2 Å². The topological polar surface area (TPSA) is 109 Å². The number of β-amino-alcohol motifs (C(OH)–C–C–N with tert-alkyl or cyclic N) is 1. The molecule has 1 aromatic carbocycles. The average molecular weight is 453 g/mol. The number of thiazole rings is 1. The van der Waals surface area contributed by atoms with Gasteiger partial charge in [-0.3, -0.25) is 9.59 Å². The maximum absolute atomic E-state index is 12.7. The molecule has 2 heterocycles. The molecule has 0 spiro atoms. The van der Waals surface area contributed by atoms with Gasteiger partial charge in [0, 0.05) is 19.5 Å². The van der Waals surface area contributed by atoms with Crippen LogP contribution in [-0.4, -0.2) is 51.5 Å². The van der Waals surface area contributed by atoms with Crippen LogP contribution in [0.15, 0.2) is 29.8 Å². The molecule has 0 unspecified atom stereocenters. The first kappa shape index (κ1) is 24.3. The van der Waals surface area contributed by atoms with Crippen LogP contribution >= 0.6 is 23.7 Å². The van der Waals surface area contributed by atoms with Gasteiger partial charge < -0.3 is 21.1 Å². The lowest BCUT2D eigenvalue weighted by Crippen LogP contribution is -2.52. The average Bonchev–Trinajstić information content (AvgIpc) is 3.30. The summed E-state index contributed by atoms with van der Waals surface area (Å²) in [6.07, 6.45) is -0.484. The van der Waals surface area contributed by atoms with Crippen LogP contribution in [0.25, 0.3) is 10.4 Å². The molecule has 9 heteroatoms. The number of aliphatic hydroxyl groups excluding tert-OH is 1. The third-order valence-electron chi connectivity index (χ3n) is 5.30. The van der Waals surface area contributed by atoms with E-state index in [0.29, 0.717) is 6.54 Å². The molecule has 30 heavy (non-hydrogen) atoms. The number of hydrogen-bond donors (Lipinski definition) is 3. The molecule has 1 aromatic heterocycles. The molecule has 1 fully saturated rings. The van der Waals surface area contributed by atoms with Crippen molar-refractivity contribution in [2.75, 3.05) is 6.54 Å².